The molecule has 0 radical (unpaired) electrons. The molecule has 0 heterocycles. The molecule has 2 heteroatoms. The Morgan fingerprint density at radius 1 is 1.10 bits per heavy atom. The molecule has 2 saturated carbocycles. The molecule has 3 atom stereocenters. The third-order valence-corrected chi connectivity index (χ3v) is 5.72. The first-order valence-corrected chi connectivity index (χ1v) is 9.59. The van der Waals surface area contributed by atoms with E-state index in [-0.39, 0.29) is 5.60 Å². The zero-order valence-electron chi connectivity index (χ0n) is 14.6. The third kappa shape index (κ3) is 4.45. The lowest BCUT2D eigenvalue weighted by atomic mass is 9.68. The van der Waals surface area contributed by atoms with Crippen LogP contribution in [0.3, 0.4) is 0 Å². The normalized spacial score (nSPS) is 33.0. The molecule has 0 aromatic rings. The van der Waals surface area contributed by atoms with Crippen LogP contribution in [0.2, 0.25) is 0 Å². The van der Waals surface area contributed by atoms with Crippen molar-refractivity contribution in [3.63, 3.8) is 0 Å². The number of ether oxygens (including phenoxy) is 1. The average molecular weight is 296 g/mol. The molecule has 0 saturated heterocycles. The third-order valence-electron chi connectivity index (χ3n) is 5.72. The maximum absolute atomic E-state index is 6.49. The van der Waals surface area contributed by atoms with Crippen molar-refractivity contribution < 1.29 is 4.74 Å². The Bertz CT molecular complexity index is 283. The summed E-state index contributed by atoms with van der Waals surface area (Å²) >= 11 is 0. The highest BCUT2D eigenvalue weighted by Gasteiger charge is 2.45. The van der Waals surface area contributed by atoms with E-state index in [2.05, 4.69) is 26.1 Å². The number of hydrogen-bond donors (Lipinski definition) is 1. The van der Waals surface area contributed by atoms with Crippen LogP contribution in [0.1, 0.15) is 85.0 Å². The summed E-state index contributed by atoms with van der Waals surface area (Å²) in [5, 5.41) is 3.93. The molecule has 0 spiro atoms. The zero-order valence-corrected chi connectivity index (χ0v) is 14.6. The first-order valence-electron chi connectivity index (χ1n) is 9.59. The molecule has 2 fully saturated rings. The Labute approximate surface area is 132 Å². The van der Waals surface area contributed by atoms with Crippen molar-refractivity contribution in [3.05, 3.63) is 0 Å². The van der Waals surface area contributed by atoms with Gasteiger partial charge in [0.2, 0.25) is 0 Å². The van der Waals surface area contributed by atoms with Crippen molar-refractivity contribution in [1.29, 1.82) is 0 Å². The highest BCUT2D eigenvalue weighted by atomic mass is 16.5. The second kappa shape index (κ2) is 8.53. The average Bonchev–Trinajstić information content (AvgIpc) is 2.49. The molecule has 2 nitrogen and oxygen atoms in total. The molecule has 0 aromatic heterocycles. The Balaban J connectivity index is 2.16. The summed E-state index contributed by atoms with van der Waals surface area (Å²) in [6, 6.07) is 0.584. The summed E-state index contributed by atoms with van der Waals surface area (Å²) in [5.74, 6) is 1.65. The minimum Gasteiger partial charge on any atom is -0.374 e. The number of nitrogens with one attached hydrogen (secondary N) is 1. The Kier molecular flexibility index (Phi) is 7.01. The molecule has 2 aliphatic carbocycles. The second-order valence-electron chi connectivity index (χ2n) is 7.53. The van der Waals surface area contributed by atoms with Crippen LogP contribution in [0.15, 0.2) is 0 Å². The molecule has 1 N–H and O–H groups in total. The van der Waals surface area contributed by atoms with Crippen molar-refractivity contribution in [2.75, 3.05) is 13.2 Å². The Hall–Kier alpha value is -0.0800. The molecule has 3 unspecified atom stereocenters. The van der Waals surface area contributed by atoms with Crippen LogP contribution in [0, 0.1) is 11.8 Å². The Morgan fingerprint density at radius 3 is 2.48 bits per heavy atom. The molecular formula is C19H37NO. The first kappa shape index (κ1) is 17.3. The van der Waals surface area contributed by atoms with Crippen molar-refractivity contribution in [3.8, 4) is 0 Å². The fraction of sp³-hybridized carbons (Fsp3) is 1.00. The van der Waals surface area contributed by atoms with Gasteiger partial charge in [-0.2, -0.15) is 0 Å². The summed E-state index contributed by atoms with van der Waals surface area (Å²) in [6.07, 6.45) is 13.6. The highest BCUT2D eigenvalue weighted by Crippen LogP contribution is 2.42. The van der Waals surface area contributed by atoms with E-state index in [4.69, 9.17) is 4.74 Å². The van der Waals surface area contributed by atoms with Crippen molar-refractivity contribution in [2.24, 2.45) is 11.8 Å². The van der Waals surface area contributed by atoms with Crippen molar-refractivity contribution >= 4 is 0 Å². The fourth-order valence-electron chi connectivity index (χ4n) is 4.88. The maximum atomic E-state index is 6.49. The smallest absolute Gasteiger partial charge is 0.0839 e. The van der Waals surface area contributed by atoms with Gasteiger partial charge in [-0.1, -0.05) is 46.0 Å². The van der Waals surface area contributed by atoms with Gasteiger partial charge in [0.1, 0.15) is 0 Å². The molecule has 2 aliphatic rings. The lowest BCUT2D eigenvalue weighted by Gasteiger charge is -2.49. The van der Waals surface area contributed by atoms with Gasteiger partial charge in [0, 0.05) is 12.6 Å². The van der Waals surface area contributed by atoms with Crippen molar-refractivity contribution in [2.45, 2.75) is 96.6 Å². The minimum atomic E-state index is 0.115. The van der Waals surface area contributed by atoms with Gasteiger partial charge in [0.05, 0.1) is 5.60 Å². The van der Waals surface area contributed by atoms with Gasteiger partial charge in [-0.3, -0.25) is 0 Å². The molecule has 0 aliphatic heterocycles. The number of rotatable bonds is 7. The van der Waals surface area contributed by atoms with Crippen LogP contribution in [0.5, 0.6) is 0 Å². The fourth-order valence-corrected chi connectivity index (χ4v) is 4.88. The lowest BCUT2D eigenvalue weighted by molar-refractivity contribution is -0.115. The molecule has 0 aromatic carbocycles. The van der Waals surface area contributed by atoms with Gasteiger partial charge in [-0.05, 0) is 57.4 Å². The summed E-state index contributed by atoms with van der Waals surface area (Å²) in [4.78, 5) is 0. The summed E-state index contributed by atoms with van der Waals surface area (Å²) in [7, 11) is 0. The SMILES string of the molecule is CCCNC(C1CCCCC1)C1(OCC)CCCC(C)C1. The molecule has 2 rings (SSSR count). The van der Waals surface area contributed by atoms with E-state index in [1.165, 1.54) is 64.2 Å². The molecular weight excluding hydrogens is 258 g/mol. The van der Waals surface area contributed by atoms with Crippen LogP contribution in [-0.4, -0.2) is 24.8 Å². The molecule has 21 heavy (non-hydrogen) atoms. The van der Waals surface area contributed by atoms with E-state index < -0.39 is 0 Å². The molecule has 0 amide bonds. The summed E-state index contributed by atoms with van der Waals surface area (Å²) in [6.45, 7) is 8.89. The standard InChI is InChI=1S/C19H37NO/c1-4-14-20-18(17-11-7-6-8-12-17)19(21-5-2)13-9-10-16(3)15-19/h16-18,20H,4-15H2,1-3H3. The van der Waals surface area contributed by atoms with Gasteiger partial charge in [-0.15, -0.1) is 0 Å². The van der Waals surface area contributed by atoms with Gasteiger partial charge < -0.3 is 10.1 Å². The van der Waals surface area contributed by atoms with Crippen LogP contribution in [0.25, 0.3) is 0 Å². The topological polar surface area (TPSA) is 21.3 Å². The van der Waals surface area contributed by atoms with Gasteiger partial charge in [-0.25, -0.2) is 0 Å². The molecule has 124 valence electrons. The van der Waals surface area contributed by atoms with E-state index in [0.29, 0.717) is 6.04 Å². The van der Waals surface area contributed by atoms with Crippen LogP contribution in [0.4, 0.5) is 0 Å². The lowest BCUT2D eigenvalue weighted by Crippen LogP contribution is -2.58. The highest BCUT2D eigenvalue weighted by molar-refractivity contribution is 5.00. The van der Waals surface area contributed by atoms with Crippen LogP contribution < -0.4 is 5.32 Å². The predicted octanol–water partition coefficient (Wildman–Crippen LogP) is 4.92. The quantitative estimate of drug-likeness (QED) is 0.720. The summed E-state index contributed by atoms with van der Waals surface area (Å²) in [5.41, 5.74) is 0.115. The van der Waals surface area contributed by atoms with E-state index in [9.17, 15) is 0 Å². The predicted molar refractivity (Wildman–Crippen MR) is 90.6 cm³/mol. The largest absolute Gasteiger partial charge is 0.374 e. The van der Waals surface area contributed by atoms with Gasteiger partial charge >= 0.3 is 0 Å². The van der Waals surface area contributed by atoms with E-state index in [0.717, 1.165) is 25.0 Å². The van der Waals surface area contributed by atoms with E-state index in [1.54, 1.807) is 0 Å². The van der Waals surface area contributed by atoms with Crippen molar-refractivity contribution in [1.82, 2.24) is 5.32 Å². The van der Waals surface area contributed by atoms with Gasteiger partial charge in [0.15, 0.2) is 0 Å². The second-order valence-corrected chi connectivity index (χ2v) is 7.53. The van der Waals surface area contributed by atoms with Crippen LogP contribution >= 0.6 is 0 Å². The maximum Gasteiger partial charge on any atom is 0.0839 e. The van der Waals surface area contributed by atoms with E-state index >= 15 is 0 Å². The number of hydrogen-bond acceptors (Lipinski definition) is 2. The van der Waals surface area contributed by atoms with Crippen LogP contribution in [-0.2, 0) is 4.74 Å². The Morgan fingerprint density at radius 2 is 1.86 bits per heavy atom. The zero-order chi connectivity index (χ0) is 15.1. The monoisotopic (exact) mass is 295 g/mol. The van der Waals surface area contributed by atoms with E-state index in [1.807, 2.05) is 0 Å². The first-order chi connectivity index (χ1) is 10.2. The van der Waals surface area contributed by atoms with Gasteiger partial charge in [0.25, 0.3) is 0 Å². The summed E-state index contributed by atoms with van der Waals surface area (Å²) < 4.78 is 6.49. The molecule has 0 bridgehead atoms. The minimum absolute atomic E-state index is 0.115.